The molecule has 3 heteroatoms. The van der Waals surface area contributed by atoms with Crippen LogP contribution in [0, 0.1) is 0 Å². The van der Waals surface area contributed by atoms with Crippen LogP contribution in [0.15, 0.2) is 12.2 Å². The molecule has 0 fully saturated rings. The molecule has 1 atom stereocenters. The number of carbonyl (C=O) groups is 1. The van der Waals surface area contributed by atoms with Crippen molar-refractivity contribution in [3.63, 3.8) is 0 Å². The highest BCUT2D eigenvalue weighted by Crippen LogP contribution is 2.10. The molecule has 23 heavy (non-hydrogen) atoms. The Morgan fingerprint density at radius 3 is 1.87 bits per heavy atom. The summed E-state index contributed by atoms with van der Waals surface area (Å²) in [6, 6.07) is 0. The van der Waals surface area contributed by atoms with Crippen LogP contribution >= 0.6 is 12.6 Å². The molecule has 0 aliphatic carbocycles. The summed E-state index contributed by atoms with van der Waals surface area (Å²) in [6.07, 6.45) is 21.8. The Labute approximate surface area is 149 Å². The third kappa shape index (κ3) is 19.5. The molecule has 0 saturated heterocycles. The van der Waals surface area contributed by atoms with E-state index >= 15 is 0 Å². The summed E-state index contributed by atoms with van der Waals surface area (Å²) in [5.41, 5.74) is -0.286. The monoisotopic (exact) mass is 342 g/mol. The summed E-state index contributed by atoms with van der Waals surface area (Å²) in [5, 5.41) is 0. The minimum Gasteiger partial charge on any atom is -0.452 e. The fourth-order valence-electron chi connectivity index (χ4n) is 2.59. The van der Waals surface area contributed by atoms with Crippen molar-refractivity contribution in [3.8, 4) is 0 Å². The second kappa shape index (κ2) is 17.9. The first-order valence-electron chi connectivity index (χ1n) is 9.69. The van der Waals surface area contributed by atoms with Gasteiger partial charge in [-0.15, -0.1) is 12.6 Å². The lowest BCUT2D eigenvalue weighted by molar-refractivity contribution is -0.144. The van der Waals surface area contributed by atoms with E-state index in [4.69, 9.17) is 4.74 Å². The molecule has 0 heterocycles. The molecule has 0 radical (unpaired) electrons. The molecule has 136 valence electrons. The van der Waals surface area contributed by atoms with Gasteiger partial charge in [-0.3, -0.25) is 4.79 Å². The average molecular weight is 343 g/mol. The van der Waals surface area contributed by atoms with Crippen LogP contribution in [-0.2, 0) is 9.53 Å². The number of esters is 1. The highest BCUT2D eigenvalue weighted by molar-refractivity contribution is 7.80. The van der Waals surface area contributed by atoms with Gasteiger partial charge in [-0.05, 0) is 39.0 Å². The predicted molar refractivity (Wildman–Crippen MR) is 104 cm³/mol. The van der Waals surface area contributed by atoms with Crippen molar-refractivity contribution in [2.24, 2.45) is 0 Å². The Bertz CT molecular complexity index is 287. The minimum absolute atomic E-state index is 0.120. The van der Waals surface area contributed by atoms with E-state index in [9.17, 15) is 4.79 Å². The van der Waals surface area contributed by atoms with Crippen molar-refractivity contribution in [3.05, 3.63) is 12.2 Å². The Kier molecular flexibility index (Phi) is 17.6. The quantitative estimate of drug-likeness (QED) is 0.109. The highest BCUT2D eigenvalue weighted by atomic mass is 32.1. The lowest BCUT2D eigenvalue weighted by atomic mass is 10.1. The molecule has 2 nitrogen and oxygen atoms in total. The van der Waals surface area contributed by atoms with Crippen molar-refractivity contribution in [2.75, 3.05) is 0 Å². The van der Waals surface area contributed by atoms with E-state index in [0.29, 0.717) is 6.42 Å². The van der Waals surface area contributed by atoms with Gasteiger partial charge in [0.05, 0.1) is 0 Å². The van der Waals surface area contributed by atoms with Gasteiger partial charge in [0, 0.05) is 6.42 Å². The summed E-state index contributed by atoms with van der Waals surface area (Å²) in [6.45, 7) is 4.03. The summed E-state index contributed by atoms with van der Waals surface area (Å²) in [7, 11) is 0. The van der Waals surface area contributed by atoms with Crippen molar-refractivity contribution >= 4 is 18.6 Å². The largest absolute Gasteiger partial charge is 0.452 e. The molecule has 0 aliphatic heterocycles. The average Bonchev–Trinajstić information content (AvgIpc) is 2.50. The van der Waals surface area contributed by atoms with Crippen LogP contribution in [0.5, 0.6) is 0 Å². The topological polar surface area (TPSA) is 26.3 Å². The number of ether oxygens (including phenoxy) is 1. The zero-order chi connectivity index (χ0) is 17.2. The molecule has 0 spiro atoms. The number of hydrogen-bond acceptors (Lipinski definition) is 3. The van der Waals surface area contributed by atoms with Crippen molar-refractivity contribution in [1.82, 2.24) is 0 Å². The highest BCUT2D eigenvalue weighted by Gasteiger charge is 2.04. The third-order valence-electron chi connectivity index (χ3n) is 3.94. The Morgan fingerprint density at radius 2 is 1.35 bits per heavy atom. The lowest BCUT2D eigenvalue weighted by Crippen LogP contribution is -2.08. The van der Waals surface area contributed by atoms with Crippen molar-refractivity contribution in [2.45, 2.75) is 109 Å². The molecule has 0 amide bonds. The summed E-state index contributed by atoms with van der Waals surface area (Å²) in [4.78, 5) is 11.3. The van der Waals surface area contributed by atoms with Gasteiger partial charge in [-0.2, -0.15) is 0 Å². The van der Waals surface area contributed by atoms with E-state index in [1.54, 1.807) is 6.92 Å². The Hall–Kier alpha value is -0.440. The van der Waals surface area contributed by atoms with Gasteiger partial charge in [0.25, 0.3) is 0 Å². The van der Waals surface area contributed by atoms with E-state index in [1.807, 2.05) is 0 Å². The fourth-order valence-corrected chi connectivity index (χ4v) is 2.71. The van der Waals surface area contributed by atoms with Crippen molar-refractivity contribution < 1.29 is 9.53 Å². The minimum atomic E-state index is -0.286. The molecule has 0 aliphatic rings. The first-order valence-corrected chi connectivity index (χ1v) is 10.2. The normalized spacial score (nSPS) is 12.7. The number of thiol groups is 1. The zero-order valence-electron chi connectivity index (χ0n) is 15.4. The molecule has 0 aromatic carbocycles. The van der Waals surface area contributed by atoms with E-state index in [1.165, 1.54) is 70.6 Å². The van der Waals surface area contributed by atoms with Crippen LogP contribution in [0.4, 0.5) is 0 Å². The number of rotatable bonds is 16. The van der Waals surface area contributed by atoms with Crippen LogP contribution in [-0.4, -0.2) is 11.4 Å². The van der Waals surface area contributed by atoms with E-state index < -0.39 is 0 Å². The number of hydrogen-bond donors (Lipinski definition) is 1. The summed E-state index contributed by atoms with van der Waals surface area (Å²) >= 11 is 4.04. The molecule has 0 aromatic rings. The lowest BCUT2D eigenvalue weighted by Gasteiger charge is -2.06. The first-order chi connectivity index (χ1) is 11.2. The number of carbonyl (C=O) groups excluding carboxylic acids is 1. The second-order valence-electron chi connectivity index (χ2n) is 6.42. The number of allylic oxidation sites excluding steroid dienone is 2. The summed E-state index contributed by atoms with van der Waals surface area (Å²) < 4.78 is 4.99. The van der Waals surface area contributed by atoms with Gasteiger partial charge < -0.3 is 4.74 Å². The molecule has 0 rings (SSSR count). The molecule has 0 bridgehead atoms. The van der Waals surface area contributed by atoms with Crippen LogP contribution in [0.1, 0.15) is 104 Å². The Balaban J connectivity index is 3.18. The molecular formula is C20H38O2S. The Morgan fingerprint density at radius 1 is 0.870 bits per heavy atom. The van der Waals surface area contributed by atoms with Gasteiger partial charge in [0.15, 0.2) is 0 Å². The summed E-state index contributed by atoms with van der Waals surface area (Å²) in [5.74, 6) is -0.120. The van der Waals surface area contributed by atoms with E-state index in [-0.39, 0.29) is 11.4 Å². The maximum Gasteiger partial charge on any atom is 0.306 e. The molecular weight excluding hydrogens is 304 g/mol. The second-order valence-corrected chi connectivity index (χ2v) is 7.15. The molecule has 0 aromatic heterocycles. The SMILES string of the molecule is CCCCCCCCC=CCCCCCCCC(=O)OC(C)S. The van der Waals surface area contributed by atoms with E-state index in [0.717, 1.165) is 12.8 Å². The maximum atomic E-state index is 11.3. The standard InChI is InChI=1S/C20H38O2S/c1-3-4-5-6-7-8-9-10-11-12-13-14-15-16-17-18-20(21)22-19(2)23/h10-11,19,23H,3-9,12-18H2,1-2H3. The van der Waals surface area contributed by atoms with Crippen LogP contribution in [0.2, 0.25) is 0 Å². The molecule has 1 unspecified atom stereocenters. The maximum absolute atomic E-state index is 11.3. The van der Waals surface area contributed by atoms with Gasteiger partial charge >= 0.3 is 5.97 Å². The van der Waals surface area contributed by atoms with Gasteiger partial charge in [0.1, 0.15) is 5.44 Å². The van der Waals surface area contributed by atoms with Crippen molar-refractivity contribution in [1.29, 1.82) is 0 Å². The van der Waals surface area contributed by atoms with E-state index in [2.05, 4.69) is 31.7 Å². The predicted octanol–water partition coefficient (Wildman–Crippen LogP) is 6.84. The smallest absolute Gasteiger partial charge is 0.306 e. The van der Waals surface area contributed by atoms with Gasteiger partial charge in [0.2, 0.25) is 0 Å². The van der Waals surface area contributed by atoms with Gasteiger partial charge in [-0.25, -0.2) is 0 Å². The molecule has 0 saturated carbocycles. The van der Waals surface area contributed by atoms with Crippen LogP contribution < -0.4 is 0 Å². The zero-order valence-corrected chi connectivity index (χ0v) is 16.3. The van der Waals surface area contributed by atoms with Crippen LogP contribution in [0.25, 0.3) is 0 Å². The first kappa shape index (κ1) is 22.6. The molecule has 0 N–H and O–H groups in total. The fraction of sp³-hybridized carbons (Fsp3) is 0.850. The third-order valence-corrected chi connectivity index (χ3v) is 4.05. The van der Waals surface area contributed by atoms with Gasteiger partial charge in [-0.1, -0.05) is 70.4 Å². The van der Waals surface area contributed by atoms with Crippen LogP contribution in [0.3, 0.4) is 0 Å². The number of unbranched alkanes of at least 4 members (excludes halogenated alkanes) is 11.